The third-order valence-electron chi connectivity index (χ3n) is 1.91. The average molecular weight is 234 g/mol. The van der Waals surface area contributed by atoms with Gasteiger partial charge >= 0.3 is 5.97 Å². The summed E-state index contributed by atoms with van der Waals surface area (Å²) < 4.78 is 4.55. The van der Waals surface area contributed by atoms with Gasteiger partial charge < -0.3 is 10.5 Å². The smallest absolute Gasteiger partial charge is 0.341 e. The number of hydrogen-bond donors (Lipinski definition) is 1. The quantitative estimate of drug-likeness (QED) is 0.736. The van der Waals surface area contributed by atoms with Crippen LogP contribution in [0.1, 0.15) is 15.4 Å². The van der Waals surface area contributed by atoms with Crippen LogP contribution in [0, 0.1) is 11.3 Å². The molecule has 0 unspecified atom stereocenters. The number of hydrogen-bond acceptors (Lipinski definition) is 7. The lowest BCUT2D eigenvalue weighted by Crippen LogP contribution is -2.06. The van der Waals surface area contributed by atoms with E-state index in [9.17, 15) is 4.79 Å². The van der Waals surface area contributed by atoms with Crippen LogP contribution in [0.15, 0.2) is 6.07 Å². The molecule has 16 heavy (non-hydrogen) atoms. The Labute approximate surface area is 94.3 Å². The number of thiazole rings is 1. The van der Waals surface area contributed by atoms with E-state index in [1.165, 1.54) is 13.2 Å². The Morgan fingerprint density at radius 2 is 2.38 bits per heavy atom. The standard InChI is InChI=1S/C9H6N4O2S/c1-15-9(14)4-2-5-8(13-7(4)11)16-6(3-10)12-5/h2H,1H3,(H2,11,13). The van der Waals surface area contributed by atoms with Gasteiger partial charge in [0.25, 0.3) is 0 Å². The minimum absolute atomic E-state index is 0.0764. The van der Waals surface area contributed by atoms with Crippen LogP contribution in [0.4, 0.5) is 5.82 Å². The van der Waals surface area contributed by atoms with E-state index in [2.05, 4.69) is 14.7 Å². The lowest BCUT2D eigenvalue weighted by molar-refractivity contribution is 0.0602. The number of ether oxygens (including phenoxy) is 1. The van der Waals surface area contributed by atoms with Gasteiger partial charge in [-0.3, -0.25) is 0 Å². The minimum Gasteiger partial charge on any atom is -0.465 e. The number of esters is 1. The summed E-state index contributed by atoms with van der Waals surface area (Å²) >= 11 is 1.12. The van der Waals surface area contributed by atoms with Crippen molar-refractivity contribution in [1.29, 1.82) is 5.26 Å². The number of rotatable bonds is 1. The van der Waals surface area contributed by atoms with Gasteiger partial charge in [-0.25, -0.2) is 14.8 Å². The molecule has 0 saturated carbocycles. The lowest BCUT2D eigenvalue weighted by atomic mass is 10.2. The van der Waals surface area contributed by atoms with Crippen molar-refractivity contribution in [3.8, 4) is 6.07 Å². The first-order valence-electron chi connectivity index (χ1n) is 4.21. The van der Waals surface area contributed by atoms with Gasteiger partial charge in [0.05, 0.1) is 7.11 Å². The first-order chi connectivity index (χ1) is 7.65. The first-order valence-corrected chi connectivity index (χ1v) is 5.03. The van der Waals surface area contributed by atoms with E-state index >= 15 is 0 Å². The second-order valence-electron chi connectivity index (χ2n) is 2.87. The van der Waals surface area contributed by atoms with Crippen molar-refractivity contribution >= 4 is 33.5 Å². The van der Waals surface area contributed by atoms with Gasteiger partial charge in [-0.1, -0.05) is 11.3 Å². The monoisotopic (exact) mass is 234 g/mol. The molecule has 0 saturated heterocycles. The van der Waals surface area contributed by atoms with Crippen molar-refractivity contribution < 1.29 is 9.53 Å². The molecule has 0 spiro atoms. The number of nitriles is 1. The second kappa shape index (κ2) is 3.75. The maximum absolute atomic E-state index is 11.3. The zero-order valence-electron chi connectivity index (χ0n) is 8.22. The summed E-state index contributed by atoms with van der Waals surface area (Å²) in [5.74, 6) is -0.495. The van der Waals surface area contributed by atoms with Crippen LogP contribution in [-0.2, 0) is 4.74 Å². The maximum atomic E-state index is 11.3. The normalized spacial score (nSPS) is 10.0. The fourth-order valence-electron chi connectivity index (χ4n) is 1.20. The first kappa shape index (κ1) is 10.3. The number of carbonyl (C=O) groups is 1. The number of fused-ring (bicyclic) bond motifs is 1. The van der Waals surface area contributed by atoms with E-state index in [0.717, 1.165) is 11.3 Å². The van der Waals surface area contributed by atoms with E-state index in [4.69, 9.17) is 11.0 Å². The molecule has 2 heterocycles. The number of anilines is 1. The summed E-state index contributed by atoms with van der Waals surface area (Å²) in [6, 6.07) is 3.38. The van der Waals surface area contributed by atoms with Gasteiger partial charge in [0, 0.05) is 0 Å². The fraction of sp³-hybridized carbons (Fsp3) is 0.111. The summed E-state index contributed by atoms with van der Waals surface area (Å²) in [4.78, 5) is 19.8. The highest BCUT2D eigenvalue weighted by Crippen LogP contribution is 2.23. The highest BCUT2D eigenvalue weighted by molar-refractivity contribution is 7.18. The highest BCUT2D eigenvalue weighted by Gasteiger charge is 2.15. The predicted octanol–water partition coefficient (Wildman–Crippen LogP) is 0.932. The Kier molecular flexibility index (Phi) is 2.42. The Morgan fingerprint density at radius 1 is 1.62 bits per heavy atom. The van der Waals surface area contributed by atoms with Gasteiger partial charge in [-0.15, -0.1) is 0 Å². The van der Waals surface area contributed by atoms with E-state index in [-0.39, 0.29) is 16.4 Å². The van der Waals surface area contributed by atoms with Crippen LogP contribution in [0.2, 0.25) is 0 Å². The third kappa shape index (κ3) is 1.55. The average Bonchev–Trinajstić information content (AvgIpc) is 2.68. The van der Waals surface area contributed by atoms with Crippen LogP contribution >= 0.6 is 11.3 Å². The van der Waals surface area contributed by atoms with Crippen molar-refractivity contribution in [2.75, 3.05) is 12.8 Å². The molecule has 0 atom stereocenters. The van der Waals surface area contributed by atoms with Gasteiger partial charge in [0.1, 0.15) is 27.8 Å². The Morgan fingerprint density at radius 3 is 3.00 bits per heavy atom. The van der Waals surface area contributed by atoms with E-state index in [0.29, 0.717) is 10.3 Å². The zero-order valence-corrected chi connectivity index (χ0v) is 9.04. The molecule has 0 bridgehead atoms. The zero-order chi connectivity index (χ0) is 11.7. The van der Waals surface area contributed by atoms with Gasteiger partial charge in [0.2, 0.25) is 0 Å². The van der Waals surface area contributed by atoms with E-state index in [1.807, 2.05) is 6.07 Å². The number of methoxy groups -OCH3 is 1. The number of carbonyl (C=O) groups excluding carboxylic acids is 1. The van der Waals surface area contributed by atoms with Crippen LogP contribution in [0.5, 0.6) is 0 Å². The van der Waals surface area contributed by atoms with Gasteiger partial charge in [-0.05, 0) is 6.07 Å². The molecule has 0 amide bonds. The number of nitrogens with two attached hydrogens (primary N) is 1. The molecule has 0 aliphatic heterocycles. The van der Waals surface area contributed by atoms with E-state index < -0.39 is 5.97 Å². The Balaban J connectivity index is 2.66. The van der Waals surface area contributed by atoms with Crippen molar-refractivity contribution in [3.63, 3.8) is 0 Å². The summed E-state index contributed by atoms with van der Waals surface area (Å²) in [6.45, 7) is 0. The molecule has 7 heteroatoms. The summed E-state index contributed by atoms with van der Waals surface area (Å²) in [6.07, 6.45) is 0. The molecule has 0 fully saturated rings. The van der Waals surface area contributed by atoms with Gasteiger partial charge in [-0.2, -0.15) is 5.26 Å². The Hall–Kier alpha value is -2.20. The van der Waals surface area contributed by atoms with Crippen molar-refractivity contribution in [2.24, 2.45) is 0 Å². The molecule has 2 aromatic heterocycles. The van der Waals surface area contributed by atoms with Crippen molar-refractivity contribution in [1.82, 2.24) is 9.97 Å². The van der Waals surface area contributed by atoms with Crippen LogP contribution in [0.3, 0.4) is 0 Å². The predicted molar refractivity (Wildman–Crippen MR) is 57.9 cm³/mol. The summed E-state index contributed by atoms with van der Waals surface area (Å²) in [7, 11) is 1.26. The number of nitrogen functional groups attached to an aromatic ring is 1. The summed E-state index contributed by atoms with van der Waals surface area (Å²) in [5.41, 5.74) is 6.22. The van der Waals surface area contributed by atoms with Crippen LogP contribution in [0.25, 0.3) is 10.3 Å². The molecule has 2 aromatic rings. The molecule has 0 aliphatic rings. The molecule has 2 rings (SSSR count). The molecule has 0 radical (unpaired) electrons. The number of nitrogens with zero attached hydrogens (tertiary/aromatic N) is 3. The van der Waals surface area contributed by atoms with Gasteiger partial charge in [0.15, 0.2) is 5.01 Å². The largest absolute Gasteiger partial charge is 0.465 e. The topological polar surface area (TPSA) is 102 Å². The van der Waals surface area contributed by atoms with E-state index in [1.54, 1.807) is 0 Å². The highest BCUT2D eigenvalue weighted by atomic mass is 32.1. The van der Waals surface area contributed by atoms with Crippen LogP contribution in [-0.4, -0.2) is 23.0 Å². The second-order valence-corrected chi connectivity index (χ2v) is 3.85. The number of aromatic nitrogens is 2. The van der Waals surface area contributed by atoms with Crippen molar-refractivity contribution in [2.45, 2.75) is 0 Å². The summed E-state index contributed by atoms with van der Waals surface area (Å²) in [5, 5.41) is 8.96. The lowest BCUT2D eigenvalue weighted by Gasteiger charge is -2.01. The SMILES string of the molecule is COC(=O)c1cc2nc(C#N)sc2nc1N. The fourth-order valence-corrected chi connectivity index (χ4v) is 1.93. The van der Waals surface area contributed by atoms with Crippen LogP contribution < -0.4 is 5.73 Å². The molecular weight excluding hydrogens is 228 g/mol. The molecular formula is C9H6N4O2S. The Bertz CT molecular complexity index is 614. The molecule has 0 aromatic carbocycles. The molecule has 6 nitrogen and oxygen atoms in total. The third-order valence-corrected chi connectivity index (χ3v) is 2.78. The molecule has 0 aliphatic carbocycles. The molecule has 2 N–H and O–H groups in total. The maximum Gasteiger partial charge on any atom is 0.341 e. The van der Waals surface area contributed by atoms with Crippen molar-refractivity contribution in [3.05, 3.63) is 16.6 Å². The minimum atomic E-state index is -0.571. The molecule has 80 valence electrons. The number of pyridine rings is 1.